The number of benzene rings is 2. The maximum atomic E-state index is 12.3. The minimum atomic E-state index is -0.138. The standard InChI is InChI=1S/C16H16BrNO2/c1-3-11-9-13(17)7-8-15(11)18-16(19)12-5-4-6-14(10-12)20-2/h4-10H,3H2,1-2H3,(H,18,19). The Morgan fingerprint density at radius 1 is 1.25 bits per heavy atom. The number of halogens is 1. The van der Waals surface area contributed by atoms with E-state index in [-0.39, 0.29) is 5.91 Å². The summed E-state index contributed by atoms with van der Waals surface area (Å²) in [6, 6.07) is 12.9. The first-order valence-corrected chi connectivity index (χ1v) is 7.17. The highest BCUT2D eigenvalue weighted by atomic mass is 79.9. The van der Waals surface area contributed by atoms with E-state index in [0.717, 1.165) is 22.1 Å². The number of aryl methyl sites for hydroxylation is 1. The molecule has 0 aliphatic carbocycles. The number of carbonyl (C=O) groups excluding carboxylic acids is 1. The molecule has 20 heavy (non-hydrogen) atoms. The van der Waals surface area contributed by atoms with Gasteiger partial charge in [0.05, 0.1) is 7.11 Å². The van der Waals surface area contributed by atoms with Crippen molar-refractivity contribution in [2.75, 3.05) is 12.4 Å². The van der Waals surface area contributed by atoms with Crippen LogP contribution in [0.4, 0.5) is 5.69 Å². The molecule has 0 spiro atoms. The van der Waals surface area contributed by atoms with Crippen LogP contribution in [0.3, 0.4) is 0 Å². The second kappa shape index (κ2) is 6.57. The highest BCUT2D eigenvalue weighted by Gasteiger charge is 2.09. The Labute approximate surface area is 127 Å². The van der Waals surface area contributed by atoms with E-state index in [4.69, 9.17) is 4.74 Å². The Hall–Kier alpha value is -1.81. The van der Waals surface area contributed by atoms with Crippen LogP contribution in [0.25, 0.3) is 0 Å². The van der Waals surface area contributed by atoms with Crippen molar-refractivity contribution in [1.29, 1.82) is 0 Å². The summed E-state index contributed by atoms with van der Waals surface area (Å²) in [6.07, 6.45) is 0.854. The van der Waals surface area contributed by atoms with Crippen molar-refractivity contribution in [3.05, 3.63) is 58.1 Å². The molecule has 0 heterocycles. The second-order valence-electron chi connectivity index (χ2n) is 4.34. The number of hydrogen-bond donors (Lipinski definition) is 1. The fraction of sp³-hybridized carbons (Fsp3) is 0.188. The number of amides is 1. The van der Waals surface area contributed by atoms with Gasteiger partial charge in [-0.25, -0.2) is 0 Å². The molecule has 4 heteroatoms. The molecule has 1 amide bonds. The molecule has 0 aromatic heterocycles. The summed E-state index contributed by atoms with van der Waals surface area (Å²) in [5, 5.41) is 2.94. The average Bonchev–Trinajstić information content (AvgIpc) is 2.49. The first kappa shape index (κ1) is 14.6. The second-order valence-corrected chi connectivity index (χ2v) is 5.26. The van der Waals surface area contributed by atoms with Crippen LogP contribution in [-0.2, 0) is 6.42 Å². The van der Waals surface area contributed by atoms with Crippen LogP contribution in [0.5, 0.6) is 5.75 Å². The highest BCUT2D eigenvalue weighted by Crippen LogP contribution is 2.22. The fourth-order valence-corrected chi connectivity index (χ4v) is 2.34. The van der Waals surface area contributed by atoms with Gasteiger partial charge in [-0.1, -0.05) is 28.9 Å². The van der Waals surface area contributed by atoms with Crippen LogP contribution in [0.15, 0.2) is 46.9 Å². The van der Waals surface area contributed by atoms with Gasteiger partial charge >= 0.3 is 0 Å². The van der Waals surface area contributed by atoms with Gasteiger partial charge < -0.3 is 10.1 Å². The van der Waals surface area contributed by atoms with Gasteiger partial charge in [-0.3, -0.25) is 4.79 Å². The lowest BCUT2D eigenvalue weighted by Gasteiger charge is -2.11. The predicted molar refractivity (Wildman–Crippen MR) is 84.5 cm³/mol. The molecule has 0 aliphatic rings. The Morgan fingerprint density at radius 3 is 2.75 bits per heavy atom. The van der Waals surface area contributed by atoms with E-state index in [9.17, 15) is 4.79 Å². The summed E-state index contributed by atoms with van der Waals surface area (Å²) in [6.45, 7) is 2.06. The molecule has 0 atom stereocenters. The van der Waals surface area contributed by atoms with Gasteiger partial charge in [0.2, 0.25) is 0 Å². The van der Waals surface area contributed by atoms with Gasteiger partial charge in [0.25, 0.3) is 5.91 Å². The molecule has 0 radical (unpaired) electrons. The molecule has 0 aliphatic heterocycles. The summed E-state index contributed by atoms with van der Waals surface area (Å²) >= 11 is 3.44. The Bertz CT molecular complexity index is 626. The normalized spacial score (nSPS) is 10.2. The minimum absolute atomic E-state index is 0.138. The third-order valence-electron chi connectivity index (χ3n) is 3.03. The number of anilines is 1. The minimum Gasteiger partial charge on any atom is -0.497 e. The monoisotopic (exact) mass is 333 g/mol. The topological polar surface area (TPSA) is 38.3 Å². The summed E-state index contributed by atoms with van der Waals surface area (Å²) < 4.78 is 6.14. The lowest BCUT2D eigenvalue weighted by atomic mass is 10.1. The number of rotatable bonds is 4. The molecule has 0 unspecified atom stereocenters. The smallest absolute Gasteiger partial charge is 0.255 e. The zero-order chi connectivity index (χ0) is 14.5. The average molecular weight is 334 g/mol. The Kier molecular flexibility index (Phi) is 4.79. The Morgan fingerprint density at radius 2 is 2.05 bits per heavy atom. The maximum Gasteiger partial charge on any atom is 0.255 e. The summed E-state index contributed by atoms with van der Waals surface area (Å²) in [4.78, 5) is 12.3. The van der Waals surface area contributed by atoms with Gasteiger partial charge in [-0.05, 0) is 48.4 Å². The molecule has 0 saturated heterocycles. The summed E-state index contributed by atoms with van der Waals surface area (Å²) in [7, 11) is 1.58. The van der Waals surface area contributed by atoms with Crippen LogP contribution in [-0.4, -0.2) is 13.0 Å². The number of carbonyl (C=O) groups is 1. The van der Waals surface area contributed by atoms with E-state index >= 15 is 0 Å². The molecule has 0 saturated carbocycles. The molecule has 0 fully saturated rings. The van der Waals surface area contributed by atoms with Gasteiger partial charge in [0, 0.05) is 15.7 Å². The number of ether oxygens (including phenoxy) is 1. The SMILES string of the molecule is CCc1cc(Br)ccc1NC(=O)c1cccc(OC)c1. The highest BCUT2D eigenvalue weighted by molar-refractivity contribution is 9.10. The van der Waals surface area contributed by atoms with Gasteiger partial charge in [-0.15, -0.1) is 0 Å². The maximum absolute atomic E-state index is 12.3. The summed E-state index contributed by atoms with van der Waals surface area (Å²) in [5.74, 6) is 0.532. The largest absolute Gasteiger partial charge is 0.497 e. The quantitative estimate of drug-likeness (QED) is 0.907. The van der Waals surface area contributed by atoms with Gasteiger partial charge in [-0.2, -0.15) is 0 Å². The van der Waals surface area contributed by atoms with E-state index in [2.05, 4.69) is 28.2 Å². The van der Waals surface area contributed by atoms with E-state index in [1.807, 2.05) is 24.3 Å². The molecule has 1 N–H and O–H groups in total. The van der Waals surface area contributed by atoms with Gasteiger partial charge in [0.1, 0.15) is 5.75 Å². The molecule has 0 bridgehead atoms. The summed E-state index contributed by atoms with van der Waals surface area (Å²) in [5.41, 5.74) is 2.51. The third-order valence-corrected chi connectivity index (χ3v) is 3.52. The number of hydrogen-bond acceptors (Lipinski definition) is 2. The van der Waals surface area contributed by atoms with E-state index in [1.54, 1.807) is 25.3 Å². The van der Waals surface area contributed by atoms with Crippen molar-refractivity contribution in [2.45, 2.75) is 13.3 Å². The van der Waals surface area contributed by atoms with Crippen LogP contribution in [0.2, 0.25) is 0 Å². The predicted octanol–water partition coefficient (Wildman–Crippen LogP) is 4.27. The number of methoxy groups -OCH3 is 1. The molecule has 2 aromatic rings. The van der Waals surface area contributed by atoms with Crippen molar-refractivity contribution in [3.8, 4) is 5.75 Å². The van der Waals surface area contributed by atoms with E-state index in [1.165, 1.54) is 0 Å². The van der Waals surface area contributed by atoms with Crippen molar-refractivity contribution < 1.29 is 9.53 Å². The van der Waals surface area contributed by atoms with E-state index in [0.29, 0.717) is 11.3 Å². The lowest BCUT2D eigenvalue weighted by Crippen LogP contribution is -2.13. The molecule has 2 aromatic carbocycles. The van der Waals surface area contributed by atoms with Crippen molar-refractivity contribution in [1.82, 2.24) is 0 Å². The number of nitrogens with one attached hydrogen (secondary N) is 1. The lowest BCUT2D eigenvalue weighted by molar-refractivity contribution is 0.102. The van der Waals surface area contributed by atoms with Crippen molar-refractivity contribution in [2.24, 2.45) is 0 Å². The van der Waals surface area contributed by atoms with Crippen LogP contribution in [0, 0.1) is 0 Å². The first-order valence-electron chi connectivity index (χ1n) is 6.38. The molecule has 3 nitrogen and oxygen atoms in total. The van der Waals surface area contributed by atoms with Crippen molar-refractivity contribution >= 4 is 27.5 Å². The van der Waals surface area contributed by atoms with Crippen LogP contribution < -0.4 is 10.1 Å². The van der Waals surface area contributed by atoms with Crippen molar-refractivity contribution in [3.63, 3.8) is 0 Å². The first-order chi connectivity index (χ1) is 9.63. The molecule has 2 rings (SSSR count). The third kappa shape index (κ3) is 3.39. The Balaban J connectivity index is 2.23. The molecule has 104 valence electrons. The molecular weight excluding hydrogens is 318 g/mol. The zero-order valence-corrected chi connectivity index (χ0v) is 13.0. The van der Waals surface area contributed by atoms with E-state index < -0.39 is 0 Å². The molecular formula is C16H16BrNO2. The zero-order valence-electron chi connectivity index (χ0n) is 11.4. The van der Waals surface area contributed by atoms with Crippen LogP contribution >= 0.6 is 15.9 Å². The fourth-order valence-electron chi connectivity index (χ4n) is 1.94. The van der Waals surface area contributed by atoms with Gasteiger partial charge in [0.15, 0.2) is 0 Å². The van der Waals surface area contributed by atoms with Crippen LogP contribution in [0.1, 0.15) is 22.8 Å².